The van der Waals surface area contributed by atoms with Crippen LogP contribution < -0.4 is 5.32 Å². The number of ether oxygens (including phenoxy) is 1. The predicted octanol–water partition coefficient (Wildman–Crippen LogP) is 3.16. The molecule has 1 aliphatic carbocycles. The molecule has 0 bridgehead atoms. The van der Waals surface area contributed by atoms with E-state index in [9.17, 15) is 37.4 Å². The van der Waals surface area contributed by atoms with Gasteiger partial charge in [0.15, 0.2) is 17.8 Å². The summed E-state index contributed by atoms with van der Waals surface area (Å²) in [6.07, 6.45) is -8.11. The summed E-state index contributed by atoms with van der Waals surface area (Å²) < 4.78 is 74.4. The van der Waals surface area contributed by atoms with Crippen LogP contribution in [-0.4, -0.2) is 70.5 Å². The number of nitrogens with one attached hydrogen (secondary N) is 1. The zero-order chi connectivity index (χ0) is 29.9. The molecule has 3 aromatic rings. The van der Waals surface area contributed by atoms with Crippen LogP contribution >= 0.6 is 26.8 Å². The molecule has 3 heterocycles. The number of alkyl halides is 3. The topological polar surface area (TPSA) is 196 Å². The normalized spacial score (nSPS) is 26.3. The summed E-state index contributed by atoms with van der Waals surface area (Å²) in [5.74, 6) is -1.44. The summed E-state index contributed by atoms with van der Waals surface area (Å²) in [5.41, 5.74) is 0.996. The number of nitrogens with zero attached hydrogens (tertiary/aromatic N) is 3. The number of benzene rings is 1. The Kier molecular flexibility index (Phi) is 8.05. The van der Waals surface area contributed by atoms with Crippen LogP contribution in [0.25, 0.3) is 11.0 Å². The average molecular weight is 643 g/mol. The van der Waals surface area contributed by atoms with Crippen molar-refractivity contribution in [2.24, 2.45) is 0 Å². The number of aryl methyl sites for hydroxylation is 1. The van der Waals surface area contributed by atoms with Crippen molar-refractivity contribution in [3.8, 4) is 0 Å². The number of pyridine rings is 1. The zero-order valence-corrected chi connectivity index (χ0v) is 23.3. The molecule has 0 amide bonds. The van der Waals surface area contributed by atoms with E-state index >= 15 is 0 Å². The maximum absolute atomic E-state index is 13.3. The Morgan fingerprint density at radius 1 is 1.17 bits per heavy atom. The molecule has 6 atom stereocenters. The standard InChI is InChI=1S/C22H24ClF3N4O9P2/c23-17-6-15(28-14-4-2-10-1-3-11(5-12(10)14)22(24,25)26)13-7-27-30(20(13)29-17)21-19(32)18(31)16(39-21)8-38-41(36,37)9-40(33,34)35/h1,3,5-7,14,16,18-19,21,31-32H,2,4,8-9H2,(H,28,29)(H,36,37)(H2,33,34,35)/t14-,16-,18-,19-,21-/m1/s1. The zero-order valence-electron chi connectivity index (χ0n) is 20.7. The van der Waals surface area contributed by atoms with Gasteiger partial charge >= 0.3 is 21.4 Å². The minimum Gasteiger partial charge on any atom is -0.387 e. The molecular formula is C22H24ClF3N4O9P2. The van der Waals surface area contributed by atoms with Crippen LogP contribution in [-0.2, 0) is 31.0 Å². The lowest BCUT2D eigenvalue weighted by molar-refractivity contribution is -0.137. The minimum atomic E-state index is -4.89. The number of aromatic nitrogens is 3. The first-order valence-electron chi connectivity index (χ1n) is 12.1. The molecule has 5 rings (SSSR count). The van der Waals surface area contributed by atoms with Crippen LogP contribution in [0.4, 0.5) is 18.9 Å². The van der Waals surface area contributed by atoms with Gasteiger partial charge in [0.05, 0.1) is 35.5 Å². The summed E-state index contributed by atoms with van der Waals surface area (Å²) >= 11 is 6.24. The van der Waals surface area contributed by atoms with Crippen molar-refractivity contribution in [1.29, 1.82) is 0 Å². The monoisotopic (exact) mass is 642 g/mol. The first-order valence-corrected chi connectivity index (χ1v) is 16.0. The molecule has 1 aliphatic heterocycles. The summed E-state index contributed by atoms with van der Waals surface area (Å²) in [6, 6.07) is 4.61. The van der Waals surface area contributed by atoms with Crippen molar-refractivity contribution in [1.82, 2.24) is 14.8 Å². The molecular weight excluding hydrogens is 619 g/mol. The highest BCUT2D eigenvalue weighted by atomic mass is 35.5. The van der Waals surface area contributed by atoms with E-state index in [4.69, 9.17) is 30.6 Å². The van der Waals surface area contributed by atoms with Gasteiger partial charge in [-0.3, -0.25) is 9.13 Å². The predicted molar refractivity (Wildman–Crippen MR) is 137 cm³/mol. The van der Waals surface area contributed by atoms with Gasteiger partial charge in [-0.25, -0.2) is 9.67 Å². The number of rotatable bonds is 8. The Morgan fingerprint density at radius 2 is 1.90 bits per heavy atom. The highest BCUT2D eigenvalue weighted by Crippen LogP contribution is 2.55. The highest BCUT2D eigenvalue weighted by Gasteiger charge is 2.46. The van der Waals surface area contributed by atoms with Gasteiger partial charge in [0, 0.05) is 0 Å². The quantitative estimate of drug-likeness (QED) is 0.155. The van der Waals surface area contributed by atoms with Crippen LogP contribution in [0.15, 0.2) is 30.5 Å². The molecule has 13 nitrogen and oxygen atoms in total. The molecule has 0 radical (unpaired) electrons. The smallest absolute Gasteiger partial charge is 0.387 e. The van der Waals surface area contributed by atoms with Crippen molar-refractivity contribution in [2.75, 3.05) is 17.8 Å². The lowest BCUT2D eigenvalue weighted by Gasteiger charge is -2.19. The number of hydrogen-bond acceptors (Lipinski definition) is 9. The lowest BCUT2D eigenvalue weighted by Crippen LogP contribution is -2.33. The second kappa shape index (κ2) is 10.9. The van der Waals surface area contributed by atoms with Gasteiger partial charge in [0.25, 0.3) is 0 Å². The Bertz CT molecular complexity index is 1570. The number of fused-ring (bicyclic) bond motifs is 2. The Hall–Kier alpha value is -2.10. The maximum atomic E-state index is 13.3. The Morgan fingerprint density at radius 3 is 2.59 bits per heavy atom. The van der Waals surface area contributed by atoms with Gasteiger partial charge < -0.3 is 39.5 Å². The number of halogens is 4. The molecule has 1 aromatic carbocycles. The van der Waals surface area contributed by atoms with Crippen LogP contribution in [0.1, 0.15) is 35.4 Å². The van der Waals surface area contributed by atoms with Crippen molar-refractivity contribution in [3.05, 3.63) is 52.3 Å². The molecule has 6 N–H and O–H groups in total. The fourth-order valence-electron chi connectivity index (χ4n) is 4.94. The SMILES string of the molecule is O=P(O)(O)CP(=O)(O)OC[C@H]1O[C@@H](n2ncc3c(N[C@@H]4CCc5ccc(C(F)(F)F)cc54)cc(Cl)nc32)[C@H](O)[C@@H]1O. The van der Waals surface area contributed by atoms with E-state index in [1.807, 2.05) is 0 Å². The fraction of sp³-hybridized carbons (Fsp3) is 0.455. The maximum Gasteiger partial charge on any atom is 0.416 e. The van der Waals surface area contributed by atoms with E-state index < -0.39 is 70.0 Å². The van der Waals surface area contributed by atoms with Gasteiger partial charge in [-0.1, -0.05) is 17.7 Å². The van der Waals surface area contributed by atoms with Crippen molar-refractivity contribution >= 4 is 43.5 Å². The number of hydrogen-bond donors (Lipinski definition) is 6. The van der Waals surface area contributed by atoms with E-state index in [0.29, 0.717) is 29.5 Å². The van der Waals surface area contributed by atoms with E-state index in [0.717, 1.165) is 22.4 Å². The molecule has 1 unspecified atom stereocenters. The third-order valence-corrected chi connectivity index (χ3v) is 10.4. The molecule has 0 saturated carbocycles. The van der Waals surface area contributed by atoms with Gasteiger partial charge in [-0.15, -0.1) is 0 Å². The molecule has 1 saturated heterocycles. The first-order chi connectivity index (χ1) is 19.0. The number of anilines is 1. The van der Waals surface area contributed by atoms with Gasteiger partial charge in [-0.05, 0) is 42.2 Å². The van der Waals surface area contributed by atoms with Gasteiger partial charge in [0.2, 0.25) is 0 Å². The van der Waals surface area contributed by atoms with Crippen LogP contribution in [0.5, 0.6) is 0 Å². The summed E-state index contributed by atoms with van der Waals surface area (Å²) in [7, 11) is -9.64. The minimum absolute atomic E-state index is 0.0180. The van der Waals surface area contributed by atoms with Crippen LogP contribution in [0.2, 0.25) is 5.15 Å². The average Bonchev–Trinajstić information content (AvgIpc) is 3.52. The van der Waals surface area contributed by atoms with Gasteiger partial charge in [0.1, 0.15) is 23.5 Å². The largest absolute Gasteiger partial charge is 0.416 e. The third-order valence-electron chi connectivity index (χ3n) is 6.80. The Balaban J connectivity index is 1.38. The molecule has 19 heteroatoms. The third kappa shape index (κ3) is 6.47. The van der Waals surface area contributed by atoms with E-state index in [1.165, 1.54) is 18.3 Å². The molecule has 2 aliphatic rings. The van der Waals surface area contributed by atoms with Gasteiger partial charge in [-0.2, -0.15) is 18.3 Å². The second-order valence-corrected chi connectivity index (χ2v) is 14.1. The first kappa shape index (κ1) is 30.4. The Labute approximate surface area is 234 Å². The number of aliphatic hydroxyl groups is 2. The molecule has 0 spiro atoms. The van der Waals surface area contributed by atoms with Crippen molar-refractivity contribution in [2.45, 2.75) is 49.6 Å². The van der Waals surface area contributed by atoms with Crippen LogP contribution in [0, 0.1) is 0 Å². The van der Waals surface area contributed by atoms with Crippen LogP contribution in [0.3, 0.4) is 0 Å². The highest BCUT2D eigenvalue weighted by molar-refractivity contribution is 7.70. The molecule has 224 valence electrons. The fourth-order valence-corrected chi connectivity index (χ4v) is 7.70. The summed E-state index contributed by atoms with van der Waals surface area (Å²) in [5, 5.41) is 28.8. The second-order valence-electron chi connectivity index (χ2n) is 9.75. The molecule has 41 heavy (non-hydrogen) atoms. The molecule has 2 aromatic heterocycles. The summed E-state index contributed by atoms with van der Waals surface area (Å²) in [4.78, 5) is 31.8. The van der Waals surface area contributed by atoms with E-state index in [1.54, 1.807) is 0 Å². The number of aliphatic hydroxyl groups excluding tert-OH is 2. The lowest BCUT2D eigenvalue weighted by atomic mass is 10.0. The van der Waals surface area contributed by atoms with E-state index in [2.05, 4.69) is 15.4 Å². The summed E-state index contributed by atoms with van der Waals surface area (Å²) in [6.45, 7) is -0.788. The molecule has 1 fully saturated rings. The van der Waals surface area contributed by atoms with Crippen molar-refractivity contribution in [3.63, 3.8) is 0 Å². The van der Waals surface area contributed by atoms with E-state index in [-0.39, 0.29) is 10.8 Å². The van der Waals surface area contributed by atoms with Crippen molar-refractivity contribution < 1.29 is 56.5 Å².